The number of benzene rings is 1. The molecule has 0 aliphatic rings. The van der Waals surface area contributed by atoms with Gasteiger partial charge in [-0.3, -0.25) is 0 Å². The second-order valence-corrected chi connectivity index (χ2v) is 5.01. The van der Waals surface area contributed by atoms with Crippen molar-refractivity contribution in [2.45, 2.75) is 47.1 Å². The van der Waals surface area contributed by atoms with Gasteiger partial charge in [-0.05, 0) is 76.4 Å². The molecule has 0 aromatic heterocycles. The summed E-state index contributed by atoms with van der Waals surface area (Å²) in [6.07, 6.45) is 0. The molecule has 0 saturated heterocycles. The minimum atomic E-state index is 0.0466. The molecule has 1 aromatic carbocycles. The van der Waals surface area contributed by atoms with Gasteiger partial charge < -0.3 is 5.32 Å². The molecule has 84 valence electrons. The van der Waals surface area contributed by atoms with Crippen molar-refractivity contribution in [1.82, 2.24) is 5.32 Å². The first kappa shape index (κ1) is 12.3. The minimum Gasteiger partial charge on any atom is -0.311 e. The smallest absolute Gasteiger partial charge is 0.0380 e. The Labute approximate surface area is 93.9 Å². The van der Waals surface area contributed by atoms with Crippen LogP contribution in [0.4, 0.5) is 0 Å². The zero-order valence-electron chi connectivity index (χ0n) is 11.1. The second-order valence-electron chi connectivity index (χ2n) is 5.01. The number of hydrogen-bond acceptors (Lipinski definition) is 1. The van der Waals surface area contributed by atoms with E-state index in [0.717, 1.165) is 0 Å². The lowest BCUT2D eigenvalue weighted by molar-refractivity contribution is 0.439. The minimum absolute atomic E-state index is 0.0466. The van der Waals surface area contributed by atoms with E-state index in [0.29, 0.717) is 0 Å². The summed E-state index contributed by atoms with van der Waals surface area (Å²) in [6, 6.07) is 2.28. The summed E-state index contributed by atoms with van der Waals surface area (Å²) in [5.74, 6) is 0. The maximum atomic E-state index is 3.39. The van der Waals surface area contributed by atoms with Gasteiger partial charge in [0, 0.05) is 5.54 Å². The maximum Gasteiger partial charge on any atom is 0.0380 e. The first-order valence-electron chi connectivity index (χ1n) is 5.58. The van der Waals surface area contributed by atoms with E-state index in [2.05, 4.69) is 52.9 Å². The van der Waals surface area contributed by atoms with Crippen LogP contribution in [0.1, 0.15) is 41.7 Å². The Balaban J connectivity index is 3.53. The van der Waals surface area contributed by atoms with Crippen molar-refractivity contribution >= 4 is 0 Å². The van der Waals surface area contributed by atoms with Crippen LogP contribution in [0, 0.1) is 27.7 Å². The van der Waals surface area contributed by atoms with Crippen LogP contribution in [-0.2, 0) is 5.54 Å². The van der Waals surface area contributed by atoms with E-state index in [1.54, 1.807) is 0 Å². The highest BCUT2D eigenvalue weighted by atomic mass is 14.9. The normalized spacial score (nSPS) is 11.9. The summed E-state index contributed by atoms with van der Waals surface area (Å²) in [4.78, 5) is 0. The first-order valence-corrected chi connectivity index (χ1v) is 5.58. The standard InChI is InChI=1S/C14H23N/c1-9-8-10(2)12(4)13(11(9)3)14(5,6)15-7/h8,15H,1-7H3. The lowest BCUT2D eigenvalue weighted by atomic mass is 9.83. The van der Waals surface area contributed by atoms with E-state index < -0.39 is 0 Å². The predicted octanol–water partition coefficient (Wildman–Crippen LogP) is 3.37. The van der Waals surface area contributed by atoms with Crippen LogP contribution in [0.15, 0.2) is 6.07 Å². The molecule has 1 N–H and O–H groups in total. The number of nitrogens with one attached hydrogen (secondary N) is 1. The Morgan fingerprint density at radius 3 is 1.67 bits per heavy atom. The van der Waals surface area contributed by atoms with Gasteiger partial charge in [0.2, 0.25) is 0 Å². The molecule has 0 saturated carbocycles. The molecule has 1 aromatic rings. The Bertz CT molecular complexity index is 349. The van der Waals surface area contributed by atoms with E-state index in [1.165, 1.54) is 27.8 Å². The monoisotopic (exact) mass is 205 g/mol. The number of rotatable bonds is 2. The molecule has 0 amide bonds. The third-order valence-corrected chi connectivity index (χ3v) is 3.62. The van der Waals surface area contributed by atoms with Crippen molar-refractivity contribution in [1.29, 1.82) is 0 Å². The highest BCUT2D eigenvalue weighted by Crippen LogP contribution is 2.30. The van der Waals surface area contributed by atoms with E-state index in [-0.39, 0.29) is 5.54 Å². The molecular formula is C14H23N. The molecule has 15 heavy (non-hydrogen) atoms. The summed E-state index contributed by atoms with van der Waals surface area (Å²) in [6.45, 7) is 13.3. The van der Waals surface area contributed by atoms with E-state index in [9.17, 15) is 0 Å². The largest absolute Gasteiger partial charge is 0.311 e. The zero-order valence-corrected chi connectivity index (χ0v) is 11.1. The van der Waals surface area contributed by atoms with Crippen molar-refractivity contribution in [2.75, 3.05) is 7.05 Å². The lowest BCUT2D eigenvalue weighted by Crippen LogP contribution is -2.35. The summed E-state index contributed by atoms with van der Waals surface area (Å²) >= 11 is 0. The Kier molecular flexibility index (Phi) is 3.25. The van der Waals surface area contributed by atoms with Crippen LogP contribution in [0.2, 0.25) is 0 Å². The Morgan fingerprint density at radius 1 is 0.933 bits per heavy atom. The van der Waals surface area contributed by atoms with Crippen molar-refractivity contribution in [3.8, 4) is 0 Å². The Hall–Kier alpha value is -0.820. The van der Waals surface area contributed by atoms with Crippen LogP contribution in [-0.4, -0.2) is 7.05 Å². The van der Waals surface area contributed by atoms with Gasteiger partial charge >= 0.3 is 0 Å². The molecular weight excluding hydrogens is 182 g/mol. The van der Waals surface area contributed by atoms with Crippen LogP contribution in [0.5, 0.6) is 0 Å². The van der Waals surface area contributed by atoms with Crippen molar-refractivity contribution in [2.24, 2.45) is 0 Å². The molecule has 0 unspecified atom stereocenters. The zero-order chi connectivity index (χ0) is 11.8. The molecule has 1 nitrogen and oxygen atoms in total. The van der Waals surface area contributed by atoms with E-state index in [1.807, 2.05) is 7.05 Å². The fourth-order valence-electron chi connectivity index (χ4n) is 2.28. The highest BCUT2D eigenvalue weighted by Gasteiger charge is 2.23. The summed E-state index contributed by atoms with van der Waals surface area (Å²) in [5.41, 5.74) is 7.09. The van der Waals surface area contributed by atoms with Gasteiger partial charge in [-0.15, -0.1) is 0 Å². The second kappa shape index (κ2) is 3.97. The molecule has 0 bridgehead atoms. The van der Waals surface area contributed by atoms with Crippen LogP contribution < -0.4 is 5.32 Å². The molecule has 0 spiro atoms. The first-order chi connectivity index (χ1) is 6.81. The van der Waals surface area contributed by atoms with Gasteiger partial charge in [0.25, 0.3) is 0 Å². The summed E-state index contributed by atoms with van der Waals surface area (Å²) in [5, 5.41) is 3.39. The number of hydrogen-bond donors (Lipinski definition) is 1. The fraction of sp³-hybridized carbons (Fsp3) is 0.571. The van der Waals surface area contributed by atoms with Gasteiger partial charge in [0.15, 0.2) is 0 Å². The van der Waals surface area contributed by atoms with Crippen molar-refractivity contribution < 1.29 is 0 Å². The third kappa shape index (κ3) is 2.07. The average Bonchev–Trinajstić information content (AvgIpc) is 2.15. The molecule has 0 atom stereocenters. The molecule has 1 rings (SSSR count). The average molecular weight is 205 g/mol. The molecule has 0 fully saturated rings. The van der Waals surface area contributed by atoms with Crippen LogP contribution in [0.25, 0.3) is 0 Å². The summed E-state index contributed by atoms with van der Waals surface area (Å²) < 4.78 is 0. The van der Waals surface area contributed by atoms with Gasteiger partial charge in [-0.1, -0.05) is 6.07 Å². The predicted molar refractivity (Wildman–Crippen MR) is 67.5 cm³/mol. The maximum absolute atomic E-state index is 3.39. The quantitative estimate of drug-likeness (QED) is 0.780. The van der Waals surface area contributed by atoms with E-state index >= 15 is 0 Å². The molecule has 0 radical (unpaired) electrons. The fourth-order valence-corrected chi connectivity index (χ4v) is 2.28. The van der Waals surface area contributed by atoms with Gasteiger partial charge in [0.1, 0.15) is 0 Å². The SMILES string of the molecule is CNC(C)(C)c1c(C)c(C)cc(C)c1C. The summed E-state index contributed by atoms with van der Waals surface area (Å²) in [7, 11) is 2.02. The van der Waals surface area contributed by atoms with Gasteiger partial charge in [0.05, 0.1) is 0 Å². The van der Waals surface area contributed by atoms with Crippen LogP contribution in [0.3, 0.4) is 0 Å². The molecule has 0 aliphatic carbocycles. The van der Waals surface area contributed by atoms with Gasteiger partial charge in [-0.25, -0.2) is 0 Å². The third-order valence-electron chi connectivity index (χ3n) is 3.62. The molecule has 1 heteroatoms. The van der Waals surface area contributed by atoms with Crippen molar-refractivity contribution in [3.63, 3.8) is 0 Å². The highest BCUT2D eigenvalue weighted by molar-refractivity contribution is 5.47. The Morgan fingerprint density at radius 2 is 1.33 bits per heavy atom. The van der Waals surface area contributed by atoms with Gasteiger partial charge in [-0.2, -0.15) is 0 Å². The lowest BCUT2D eigenvalue weighted by Gasteiger charge is -2.30. The van der Waals surface area contributed by atoms with Crippen molar-refractivity contribution in [3.05, 3.63) is 33.9 Å². The van der Waals surface area contributed by atoms with Crippen LogP contribution >= 0.6 is 0 Å². The molecule has 0 aliphatic heterocycles. The van der Waals surface area contributed by atoms with E-state index in [4.69, 9.17) is 0 Å². The topological polar surface area (TPSA) is 12.0 Å². The number of aryl methyl sites for hydroxylation is 2. The molecule has 0 heterocycles.